The molecular formula is C15H22ClN3O. The van der Waals surface area contributed by atoms with E-state index >= 15 is 0 Å². The predicted octanol–water partition coefficient (Wildman–Crippen LogP) is 1.51. The van der Waals surface area contributed by atoms with Crippen molar-refractivity contribution < 1.29 is 4.79 Å². The molecule has 1 N–H and O–H groups in total. The lowest BCUT2D eigenvalue weighted by atomic mass is 10.1. The quantitative estimate of drug-likeness (QED) is 0.915. The fraction of sp³-hybridized carbons (Fsp3) is 0.533. The fourth-order valence-electron chi connectivity index (χ4n) is 2.43. The molecule has 0 unspecified atom stereocenters. The number of likely N-dealkylation sites (N-methyl/N-ethyl adjacent to an activating group) is 1. The van der Waals surface area contributed by atoms with E-state index in [1.54, 1.807) is 0 Å². The van der Waals surface area contributed by atoms with Crippen molar-refractivity contribution in [1.82, 2.24) is 15.1 Å². The van der Waals surface area contributed by atoms with Crippen molar-refractivity contribution in [2.45, 2.75) is 13.5 Å². The lowest BCUT2D eigenvalue weighted by molar-refractivity contribution is -0.132. The van der Waals surface area contributed by atoms with Gasteiger partial charge in [0.15, 0.2) is 0 Å². The smallest absolute Gasteiger partial charge is 0.236 e. The highest BCUT2D eigenvalue weighted by Crippen LogP contribution is 2.16. The van der Waals surface area contributed by atoms with E-state index in [2.05, 4.69) is 10.2 Å². The maximum Gasteiger partial charge on any atom is 0.236 e. The molecule has 1 aromatic rings. The summed E-state index contributed by atoms with van der Waals surface area (Å²) >= 11 is 5.96. The van der Waals surface area contributed by atoms with Crippen LogP contribution in [-0.2, 0) is 11.3 Å². The molecule has 1 heterocycles. The number of hydrogen-bond acceptors (Lipinski definition) is 3. The van der Waals surface area contributed by atoms with Crippen LogP contribution in [0.15, 0.2) is 18.2 Å². The van der Waals surface area contributed by atoms with Crippen LogP contribution < -0.4 is 5.32 Å². The van der Waals surface area contributed by atoms with Gasteiger partial charge in [-0.05, 0) is 37.2 Å². The Balaban J connectivity index is 1.88. The Labute approximate surface area is 125 Å². The molecule has 1 fully saturated rings. The SMILES string of the molecule is Cc1cc(Cl)ccc1CN(C)CC(=O)N1CCNCC1. The summed E-state index contributed by atoms with van der Waals surface area (Å²) in [5.41, 5.74) is 2.38. The van der Waals surface area contributed by atoms with Crippen LogP contribution in [0.4, 0.5) is 0 Å². The molecule has 0 radical (unpaired) electrons. The molecule has 0 bridgehead atoms. The molecule has 0 saturated carbocycles. The molecule has 5 heteroatoms. The normalized spacial score (nSPS) is 15.7. The van der Waals surface area contributed by atoms with Crippen molar-refractivity contribution >= 4 is 17.5 Å². The van der Waals surface area contributed by atoms with Crippen LogP contribution in [0.3, 0.4) is 0 Å². The fourth-order valence-corrected chi connectivity index (χ4v) is 2.66. The number of nitrogens with zero attached hydrogens (tertiary/aromatic N) is 2. The lowest BCUT2D eigenvalue weighted by Crippen LogP contribution is -2.49. The summed E-state index contributed by atoms with van der Waals surface area (Å²) in [7, 11) is 1.98. The molecule has 1 aliphatic rings. The predicted molar refractivity (Wildman–Crippen MR) is 82.0 cm³/mol. The van der Waals surface area contributed by atoms with E-state index in [0.717, 1.165) is 37.7 Å². The molecule has 1 saturated heterocycles. The minimum atomic E-state index is 0.209. The second kappa shape index (κ2) is 7.07. The molecule has 4 nitrogen and oxygen atoms in total. The first-order chi connectivity index (χ1) is 9.56. The first-order valence-electron chi connectivity index (χ1n) is 6.98. The first kappa shape index (κ1) is 15.3. The van der Waals surface area contributed by atoms with E-state index in [9.17, 15) is 4.79 Å². The molecule has 1 aromatic carbocycles. The van der Waals surface area contributed by atoms with Gasteiger partial charge in [-0.3, -0.25) is 9.69 Å². The van der Waals surface area contributed by atoms with Gasteiger partial charge < -0.3 is 10.2 Å². The minimum absolute atomic E-state index is 0.209. The Morgan fingerprint density at radius 2 is 2.10 bits per heavy atom. The van der Waals surface area contributed by atoms with Crippen LogP contribution in [0.2, 0.25) is 5.02 Å². The van der Waals surface area contributed by atoms with Gasteiger partial charge in [0.1, 0.15) is 0 Å². The molecule has 110 valence electrons. The van der Waals surface area contributed by atoms with E-state index < -0.39 is 0 Å². The Kier molecular flexibility index (Phi) is 5.40. The van der Waals surface area contributed by atoms with E-state index in [4.69, 9.17) is 11.6 Å². The molecule has 0 aromatic heterocycles. The van der Waals surface area contributed by atoms with E-state index in [-0.39, 0.29) is 5.91 Å². The average Bonchev–Trinajstić information content (AvgIpc) is 2.43. The highest BCUT2D eigenvalue weighted by molar-refractivity contribution is 6.30. The van der Waals surface area contributed by atoms with Gasteiger partial charge >= 0.3 is 0 Å². The third-order valence-corrected chi connectivity index (χ3v) is 3.85. The zero-order valence-electron chi connectivity index (χ0n) is 12.2. The third kappa shape index (κ3) is 4.20. The van der Waals surface area contributed by atoms with Crippen LogP contribution in [0.5, 0.6) is 0 Å². The maximum absolute atomic E-state index is 12.2. The number of rotatable bonds is 4. The van der Waals surface area contributed by atoms with Crippen LogP contribution in [0.1, 0.15) is 11.1 Å². The van der Waals surface area contributed by atoms with Gasteiger partial charge in [0.2, 0.25) is 5.91 Å². The summed E-state index contributed by atoms with van der Waals surface area (Å²) in [6.07, 6.45) is 0. The highest BCUT2D eigenvalue weighted by Gasteiger charge is 2.17. The number of halogens is 1. The summed E-state index contributed by atoms with van der Waals surface area (Å²) in [4.78, 5) is 16.2. The third-order valence-electron chi connectivity index (χ3n) is 3.62. The number of carbonyl (C=O) groups is 1. The van der Waals surface area contributed by atoms with Crippen molar-refractivity contribution in [1.29, 1.82) is 0 Å². The molecule has 0 aliphatic carbocycles. The molecular weight excluding hydrogens is 274 g/mol. The number of aryl methyl sites for hydroxylation is 1. The Morgan fingerprint density at radius 1 is 1.40 bits per heavy atom. The summed E-state index contributed by atoms with van der Waals surface area (Å²) < 4.78 is 0. The second-order valence-corrected chi connectivity index (χ2v) is 5.81. The van der Waals surface area contributed by atoms with Gasteiger partial charge in [0.25, 0.3) is 0 Å². The van der Waals surface area contributed by atoms with Crippen molar-refractivity contribution in [3.63, 3.8) is 0 Å². The topological polar surface area (TPSA) is 35.6 Å². The number of hydrogen-bond donors (Lipinski definition) is 1. The summed E-state index contributed by atoms with van der Waals surface area (Å²) in [6.45, 7) is 6.69. The Morgan fingerprint density at radius 3 is 2.75 bits per heavy atom. The molecule has 20 heavy (non-hydrogen) atoms. The first-order valence-corrected chi connectivity index (χ1v) is 7.36. The number of carbonyl (C=O) groups excluding carboxylic acids is 1. The van der Waals surface area contributed by atoms with Gasteiger partial charge in [0.05, 0.1) is 6.54 Å². The van der Waals surface area contributed by atoms with Crippen LogP contribution in [0, 0.1) is 6.92 Å². The van der Waals surface area contributed by atoms with Crippen molar-refractivity contribution in [3.8, 4) is 0 Å². The van der Waals surface area contributed by atoms with Gasteiger partial charge in [-0.2, -0.15) is 0 Å². The number of benzene rings is 1. The molecule has 0 spiro atoms. The van der Waals surface area contributed by atoms with Crippen LogP contribution >= 0.6 is 11.6 Å². The standard InChI is InChI=1S/C15H22ClN3O/c1-12-9-14(16)4-3-13(12)10-18(2)11-15(20)19-7-5-17-6-8-19/h3-4,9,17H,5-8,10-11H2,1-2H3. The average molecular weight is 296 g/mol. The van der Waals surface area contributed by atoms with Crippen molar-refractivity contribution in [3.05, 3.63) is 34.3 Å². The summed E-state index contributed by atoms with van der Waals surface area (Å²) in [5.74, 6) is 0.209. The Hall–Kier alpha value is -1.10. The number of nitrogens with one attached hydrogen (secondary N) is 1. The van der Waals surface area contributed by atoms with Crippen LogP contribution in [-0.4, -0.2) is 55.5 Å². The summed E-state index contributed by atoms with van der Waals surface area (Å²) in [6, 6.07) is 5.89. The van der Waals surface area contributed by atoms with E-state index in [1.807, 2.05) is 37.1 Å². The molecule has 1 aliphatic heterocycles. The highest BCUT2D eigenvalue weighted by atomic mass is 35.5. The largest absolute Gasteiger partial charge is 0.339 e. The van der Waals surface area contributed by atoms with E-state index in [0.29, 0.717) is 6.54 Å². The number of piperazine rings is 1. The van der Waals surface area contributed by atoms with Gasteiger partial charge in [-0.1, -0.05) is 17.7 Å². The Bertz CT molecular complexity index is 472. The molecule has 2 rings (SSSR count). The maximum atomic E-state index is 12.2. The zero-order valence-corrected chi connectivity index (χ0v) is 12.9. The zero-order chi connectivity index (χ0) is 14.5. The molecule has 0 atom stereocenters. The van der Waals surface area contributed by atoms with Gasteiger partial charge in [-0.15, -0.1) is 0 Å². The lowest BCUT2D eigenvalue weighted by Gasteiger charge is -2.29. The monoisotopic (exact) mass is 295 g/mol. The summed E-state index contributed by atoms with van der Waals surface area (Å²) in [5, 5.41) is 4.01. The number of amides is 1. The van der Waals surface area contributed by atoms with Gasteiger partial charge in [-0.25, -0.2) is 0 Å². The second-order valence-electron chi connectivity index (χ2n) is 5.37. The van der Waals surface area contributed by atoms with E-state index in [1.165, 1.54) is 11.1 Å². The molecule has 1 amide bonds. The van der Waals surface area contributed by atoms with Gasteiger partial charge in [0, 0.05) is 37.7 Å². The van der Waals surface area contributed by atoms with Crippen molar-refractivity contribution in [2.75, 3.05) is 39.8 Å². The van der Waals surface area contributed by atoms with Crippen molar-refractivity contribution in [2.24, 2.45) is 0 Å². The minimum Gasteiger partial charge on any atom is -0.339 e. The van der Waals surface area contributed by atoms with Crippen LogP contribution in [0.25, 0.3) is 0 Å².